The highest BCUT2D eigenvalue weighted by Crippen LogP contribution is 2.22. The molecule has 1 fully saturated rings. The summed E-state index contributed by atoms with van der Waals surface area (Å²) >= 11 is 0. The van der Waals surface area contributed by atoms with Crippen LogP contribution in [-0.4, -0.2) is 23.1 Å². The van der Waals surface area contributed by atoms with E-state index in [4.69, 9.17) is 0 Å². The van der Waals surface area contributed by atoms with E-state index in [0.717, 1.165) is 30.3 Å². The number of anilines is 3. The quantitative estimate of drug-likeness (QED) is 0.934. The molecule has 0 unspecified atom stereocenters. The van der Waals surface area contributed by atoms with Gasteiger partial charge in [0.2, 0.25) is 5.95 Å². The highest BCUT2D eigenvalue weighted by atomic mass is 15.2. The van der Waals surface area contributed by atoms with Gasteiger partial charge in [-0.1, -0.05) is 25.0 Å². The molecule has 0 amide bonds. The van der Waals surface area contributed by atoms with Crippen molar-refractivity contribution < 1.29 is 0 Å². The molecule has 2 aromatic rings. The van der Waals surface area contributed by atoms with Crippen molar-refractivity contribution in [3.8, 4) is 6.07 Å². The summed E-state index contributed by atoms with van der Waals surface area (Å²) in [5.74, 6) is 1.52. The zero-order valence-corrected chi connectivity index (χ0v) is 13.4. The van der Waals surface area contributed by atoms with Crippen molar-refractivity contribution >= 4 is 17.5 Å². The molecule has 1 aliphatic rings. The number of hydrogen-bond acceptors (Lipinski definition) is 5. The highest BCUT2D eigenvalue weighted by Gasteiger charge is 2.13. The van der Waals surface area contributed by atoms with Crippen molar-refractivity contribution in [3.63, 3.8) is 0 Å². The molecule has 1 aliphatic heterocycles. The van der Waals surface area contributed by atoms with E-state index < -0.39 is 0 Å². The lowest BCUT2D eigenvalue weighted by atomic mass is 10.2. The number of para-hydroxylation sites is 1. The molecule has 1 saturated heterocycles. The Labute approximate surface area is 137 Å². The second-order valence-corrected chi connectivity index (χ2v) is 5.87. The van der Waals surface area contributed by atoms with E-state index in [0.29, 0.717) is 11.5 Å². The predicted octanol–water partition coefficient (Wildman–Crippen LogP) is 3.78. The van der Waals surface area contributed by atoms with Gasteiger partial charge < -0.3 is 10.2 Å². The Morgan fingerprint density at radius 2 is 1.83 bits per heavy atom. The van der Waals surface area contributed by atoms with Crippen LogP contribution in [0, 0.1) is 18.3 Å². The van der Waals surface area contributed by atoms with Crippen molar-refractivity contribution in [1.82, 2.24) is 9.97 Å². The Morgan fingerprint density at radius 3 is 2.57 bits per heavy atom. The average molecular weight is 307 g/mol. The molecule has 118 valence electrons. The van der Waals surface area contributed by atoms with Gasteiger partial charge in [-0.15, -0.1) is 0 Å². The van der Waals surface area contributed by atoms with Gasteiger partial charge in [0.05, 0.1) is 11.3 Å². The number of nitriles is 1. The van der Waals surface area contributed by atoms with Gasteiger partial charge in [-0.2, -0.15) is 10.2 Å². The van der Waals surface area contributed by atoms with Crippen LogP contribution < -0.4 is 10.2 Å². The van der Waals surface area contributed by atoms with Crippen LogP contribution in [0.3, 0.4) is 0 Å². The fourth-order valence-corrected chi connectivity index (χ4v) is 2.88. The first-order chi connectivity index (χ1) is 11.3. The minimum Gasteiger partial charge on any atom is -0.356 e. The summed E-state index contributed by atoms with van der Waals surface area (Å²) in [5.41, 5.74) is 2.26. The molecule has 0 bridgehead atoms. The van der Waals surface area contributed by atoms with Crippen LogP contribution in [0.1, 0.15) is 36.9 Å². The molecule has 5 heteroatoms. The number of rotatable bonds is 3. The number of aromatic nitrogens is 2. The number of aryl methyl sites for hydroxylation is 1. The van der Waals surface area contributed by atoms with Crippen LogP contribution in [-0.2, 0) is 0 Å². The molecule has 0 spiro atoms. The Bertz CT molecular complexity index is 712. The van der Waals surface area contributed by atoms with Gasteiger partial charge in [0.1, 0.15) is 11.9 Å². The summed E-state index contributed by atoms with van der Waals surface area (Å²) in [6, 6.07) is 11.6. The maximum atomic E-state index is 9.20. The van der Waals surface area contributed by atoms with E-state index in [1.165, 1.54) is 25.7 Å². The molecule has 5 nitrogen and oxygen atoms in total. The second kappa shape index (κ2) is 7.10. The van der Waals surface area contributed by atoms with Crippen molar-refractivity contribution in [2.45, 2.75) is 32.6 Å². The standard InChI is InChI=1S/C18H21N5/c1-14-12-17(23-10-6-2-3-7-11-23)22-18(20-14)21-16-9-5-4-8-15(16)13-19/h4-5,8-9,12H,2-3,6-7,10-11H2,1H3,(H,20,21,22). The van der Waals surface area contributed by atoms with Crippen LogP contribution in [0.25, 0.3) is 0 Å². The second-order valence-electron chi connectivity index (χ2n) is 5.87. The molecule has 3 rings (SSSR count). The summed E-state index contributed by atoms with van der Waals surface area (Å²) in [6.45, 7) is 4.07. The number of nitrogens with zero attached hydrogens (tertiary/aromatic N) is 4. The SMILES string of the molecule is Cc1cc(N2CCCCCC2)nc(Nc2ccccc2C#N)n1. The van der Waals surface area contributed by atoms with E-state index in [9.17, 15) is 5.26 Å². The zero-order chi connectivity index (χ0) is 16.1. The first kappa shape index (κ1) is 15.3. The van der Waals surface area contributed by atoms with Gasteiger partial charge in [-0.05, 0) is 31.9 Å². The summed E-state index contributed by atoms with van der Waals surface area (Å²) in [4.78, 5) is 11.5. The molecule has 0 atom stereocenters. The first-order valence-corrected chi connectivity index (χ1v) is 8.13. The fourth-order valence-electron chi connectivity index (χ4n) is 2.88. The van der Waals surface area contributed by atoms with Crippen LogP contribution in [0.4, 0.5) is 17.5 Å². The number of hydrogen-bond donors (Lipinski definition) is 1. The van der Waals surface area contributed by atoms with Gasteiger partial charge in [0, 0.05) is 24.8 Å². The lowest BCUT2D eigenvalue weighted by Gasteiger charge is -2.22. The van der Waals surface area contributed by atoms with Crippen molar-refractivity contribution in [2.75, 3.05) is 23.3 Å². The maximum absolute atomic E-state index is 9.20. The van der Waals surface area contributed by atoms with Crippen molar-refractivity contribution in [3.05, 3.63) is 41.6 Å². The van der Waals surface area contributed by atoms with E-state index in [2.05, 4.69) is 26.3 Å². The summed E-state index contributed by atoms with van der Waals surface area (Å²) in [7, 11) is 0. The molecule has 0 aliphatic carbocycles. The molecular weight excluding hydrogens is 286 g/mol. The lowest BCUT2D eigenvalue weighted by molar-refractivity contribution is 0.726. The molecule has 0 saturated carbocycles. The summed E-state index contributed by atoms with van der Waals surface area (Å²) in [5, 5.41) is 12.4. The zero-order valence-electron chi connectivity index (χ0n) is 13.4. The van der Waals surface area contributed by atoms with Crippen molar-refractivity contribution in [2.24, 2.45) is 0 Å². The monoisotopic (exact) mass is 307 g/mol. The molecule has 23 heavy (non-hydrogen) atoms. The molecule has 1 aromatic heterocycles. The molecular formula is C18H21N5. The van der Waals surface area contributed by atoms with Crippen LogP contribution in [0.5, 0.6) is 0 Å². The number of benzene rings is 1. The van der Waals surface area contributed by atoms with Crippen LogP contribution >= 0.6 is 0 Å². The predicted molar refractivity (Wildman–Crippen MR) is 91.9 cm³/mol. The summed E-state index contributed by atoms with van der Waals surface area (Å²) in [6.07, 6.45) is 5.01. The van der Waals surface area contributed by atoms with E-state index in [1.54, 1.807) is 6.07 Å². The smallest absolute Gasteiger partial charge is 0.229 e. The minimum atomic E-state index is 0.548. The molecule has 1 aromatic carbocycles. The van der Waals surface area contributed by atoms with E-state index >= 15 is 0 Å². The van der Waals surface area contributed by atoms with E-state index in [1.807, 2.05) is 31.2 Å². The maximum Gasteiger partial charge on any atom is 0.229 e. The lowest BCUT2D eigenvalue weighted by Crippen LogP contribution is -2.25. The van der Waals surface area contributed by atoms with Gasteiger partial charge in [0.15, 0.2) is 0 Å². The topological polar surface area (TPSA) is 64.8 Å². The van der Waals surface area contributed by atoms with Gasteiger partial charge in [0.25, 0.3) is 0 Å². The van der Waals surface area contributed by atoms with Crippen molar-refractivity contribution in [1.29, 1.82) is 5.26 Å². The van der Waals surface area contributed by atoms with Gasteiger partial charge in [-0.3, -0.25) is 0 Å². The largest absolute Gasteiger partial charge is 0.356 e. The van der Waals surface area contributed by atoms with Crippen LogP contribution in [0.15, 0.2) is 30.3 Å². The Kier molecular flexibility index (Phi) is 4.72. The molecule has 1 N–H and O–H groups in total. The van der Waals surface area contributed by atoms with E-state index in [-0.39, 0.29) is 0 Å². The third kappa shape index (κ3) is 3.78. The number of nitrogens with one attached hydrogen (secondary N) is 1. The molecule has 0 radical (unpaired) electrons. The fraction of sp³-hybridized carbons (Fsp3) is 0.389. The minimum absolute atomic E-state index is 0.548. The van der Waals surface area contributed by atoms with Crippen LogP contribution in [0.2, 0.25) is 0 Å². The van der Waals surface area contributed by atoms with Gasteiger partial charge >= 0.3 is 0 Å². The first-order valence-electron chi connectivity index (χ1n) is 8.13. The Balaban J connectivity index is 1.87. The highest BCUT2D eigenvalue weighted by molar-refractivity contribution is 5.63. The average Bonchev–Trinajstić information content (AvgIpc) is 2.84. The van der Waals surface area contributed by atoms with Gasteiger partial charge in [-0.25, -0.2) is 4.98 Å². The Morgan fingerprint density at radius 1 is 1.09 bits per heavy atom. The third-order valence-corrected chi connectivity index (χ3v) is 4.06. The summed E-state index contributed by atoms with van der Waals surface area (Å²) < 4.78 is 0. The Hall–Kier alpha value is -2.61. The molecule has 2 heterocycles. The normalized spacial score (nSPS) is 14.9. The third-order valence-electron chi connectivity index (χ3n) is 4.06.